The second kappa shape index (κ2) is 9.91. The Kier molecular flexibility index (Phi) is 7.95. The minimum absolute atomic E-state index is 0.114. The number of carboxylic acid groups (broad SMARTS) is 1. The fraction of sp³-hybridized carbons (Fsp3) is 0.318. The molecule has 174 valence electrons. The van der Waals surface area contributed by atoms with Gasteiger partial charge in [0, 0.05) is 18.2 Å². The second-order valence-electron chi connectivity index (χ2n) is 7.29. The number of nitrogens with zero attached hydrogens (tertiary/aromatic N) is 1. The van der Waals surface area contributed by atoms with Gasteiger partial charge in [0.2, 0.25) is 0 Å². The lowest BCUT2D eigenvalue weighted by Crippen LogP contribution is -2.25. The van der Waals surface area contributed by atoms with E-state index in [4.69, 9.17) is 5.11 Å². The summed E-state index contributed by atoms with van der Waals surface area (Å²) in [6.07, 6.45) is -2.34. The van der Waals surface area contributed by atoms with Crippen molar-refractivity contribution in [2.75, 3.05) is 19.8 Å². The number of hydrogen-bond donors (Lipinski definition) is 1. The van der Waals surface area contributed by atoms with Gasteiger partial charge in [-0.1, -0.05) is 24.6 Å². The van der Waals surface area contributed by atoms with Gasteiger partial charge in [0.15, 0.2) is 9.84 Å². The predicted molar refractivity (Wildman–Crippen MR) is 120 cm³/mol. The molecule has 2 rings (SSSR count). The summed E-state index contributed by atoms with van der Waals surface area (Å²) < 4.78 is 64.8. The first-order valence-electron chi connectivity index (χ1n) is 9.56. The molecule has 10 heteroatoms. The fourth-order valence-corrected chi connectivity index (χ4v) is 4.68. The maximum absolute atomic E-state index is 13.7. The molecule has 1 N–H and O–H groups in total. The maximum Gasteiger partial charge on any atom is 0.416 e. The zero-order chi connectivity index (χ0) is 24.3. The molecule has 5 nitrogen and oxygen atoms in total. The standard InChI is InChI=1S/C22H24F3NO4S2/c1-5-14(2)17(22(23,24)25)12-18(26(3)13-21(27)28)20-10-9-19(31-20)15-7-6-8-16(11-15)32(4,29)30/h6-12H,5,13H2,1-4H3,(H,27,28). The lowest BCUT2D eigenvalue weighted by atomic mass is 10.0. The smallest absolute Gasteiger partial charge is 0.416 e. The fourth-order valence-electron chi connectivity index (χ4n) is 2.94. The summed E-state index contributed by atoms with van der Waals surface area (Å²) in [5.41, 5.74) is 0.0291. The molecule has 0 unspecified atom stereocenters. The highest BCUT2D eigenvalue weighted by molar-refractivity contribution is 7.90. The highest BCUT2D eigenvalue weighted by Gasteiger charge is 2.34. The molecule has 0 saturated heterocycles. The van der Waals surface area contributed by atoms with Gasteiger partial charge < -0.3 is 10.0 Å². The van der Waals surface area contributed by atoms with Crippen LogP contribution in [0.1, 0.15) is 25.1 Å². The monoisotopic (exact) mass is 487 g/mol. The summed E-state index contributed by atoms with van der Waals surface area (Å²) >= 11 is 1.15. The molecule has 1 aromatic carbocycles. The van der Waals surface area contributed by atoms with E-state index in [0.717, 1.165) is 23.7 Å². The van der Waals surface area contributed by atoms with Crippen molar-refractivity contribution in [3.05, 3.63) is 58.5 Å². The van der Waals surface area contributed by atoms with Crippen molar-refractivity contribution in [2.24, 2.45) is 0 Å². The van der Waals surface area contributed by atoms with Crippen molar-refractivity contribution in [1.29, 1.82) is 0 Å². The molecular formula is C22H24F3NO4S2. The lowest BCUT2D eigenvalue weighted by Gasteiger charge is -2.22. The van der Waals surface area contributed by atoms with E-state index < -0.39 is 34.1 Å². The van der Waals surface area contributed by atoms with E-state index in [2.05, 4.69) is 0 Å². The summed E-state index contributed by atoms with van der Waals surface area (Å²) in [7, 11) is -2.01. The van der Waals surface area contributed by atoms with E-state index in [-0.39, 0.29) is 22.6 Å². The number of sulfone groups is 1. The minimum Gasteiger partial charge on any atom is -0.480 e. The molecule has 0 bridgehead atoms. The SMILES string of the molecule is CCC(C)=C(C=C(c1ccc(-c2cccc(S(C)(=O)=O)c2)s1)N(C)CC(=O)O)C(F)(F)F. The van der Waals surface area contributed by atoms with E-state index in [9.17, 15) is 26.4 Å². The van der Waals surface area contributed by atoms with E-state index >= 15 is 0 Å². The number of benzene rings is 1. The summed E-state index contributed by atoms with van der Waals surface area (Å²) in [4.78, 5) is 13.7. The Labute approximate surface area is 189 Å². The molecule has 32 heavy (non-hydrogen) atoms. The lowest BCUT2D eigenvalue weighted by molar-refractivity contribution is -0.137. The highest BCUT2D eigenvalue weighted by atomic mass is 32.2. The quantitative estimate of drug-likeness (QED) is 0.500. The molecule has 0 aliphatic heterocycles. The van der Waals surface area contributed by atoms with Crippen LogP contribution in [-0.2, 0) is 14.6 Å². The van der Waals surface area contributed by atoms with Crippen molar-refractivity contribution in [3.63, 3.8) is 0 Å². The van der Waals surface area contributed by atoms with Gasteiger partial charge in [-0.15, -0.1) is 11.3 Å². The molecule has 0 fully saturated rings. The van der Waals surface area contributed by atoms with Crippen LogP contribution in [0.3, 0.4) is 0 Å². The third-order valence-electron chi connectivity index (χ3n) is 4.77. The van der Waals surface area contributed by atoms with Crippen LogP contribution in [0.5, 0.6) is 0 Å². The van der Waals surface area contributed by atoms with Gasteiger partial charge in [-0.2, -0.15) is 13.2 Å². The molecule has 0 atom stereocenters. The van der Waals surface area contributed by atoms with E-state index in [1.54, 1.807) is 31.2 Å². The second-order valence-corrected chi connectivity index (χ2v) is 10.4. The van der Waals surface area contributed by atoms with Gasteiger partial charge in [0.05, 0.1) is 21.0 Å². The summed E-state index contributed by atoms with van der Waals surface area (Å²) in [6.45, 7) is 2.52. The molecule has 1 heterocycles. The zero-order valence-electron chi connectivity index (χ0n) is 18.0. The van der Waals surface area contributed by atoms with Gasteiger partial charge in [-0.3, -0.25) is 4.79 Å². The first-order valence-corrected chi connectivity index (χ1v) is 12.3. The number of thiophene rings is 1. The number of carbonyl (C=O) groups is 1. The van der Waals surface area contributed by atoms with Gasteiger partial charge in [0.1, 0.15) is 6.54 Å². The minimum atomic E-state index is -4.60. The number of aliphatic carboxylic acids is 1. The Morgan fingerprint density at radius 3 is 2.41 bits per heavy atom. The van der Waals surface area contributed by atoms with Gasteiger partial charge in [-0.25, -0.2) is 8.42 Å². The van der Waals surface area contributed by atoms with Crippen LogP contribution in [0.15, 0.2) is 58.5 Å². The number of carboxylic acids is 1. The van der Waals surface area contributed by atoms with Crippen molar-refractivity contribution < 1.29 is 31.5 Å². The van der Waals surface area contributed by atoms with Crippen molar-refractivity contribution in [3.8, 4) is 10.4 Å². The molecule has 1 aromatic heterocycles. The van der Waals surface area contributed by atoms with Crippen LogP contribution in [-0.4, -0.2) is 50.4 Å². The van der Waals surface area contributed by atoms with Crippen LogP contribution in [0, 0.1) is 0 Å². The van der Waals surface area contributed by atoms with Crippen LogP contribution >= 0.6 is 11.3 Å². The molecule has 0 spiro atoms. The zero-order valence-corrected chi connectivity index (χ0v) is 19.7. The molecule has 0 amide bonds. The first-order chi connectivity index (χ1) is 14.7. The molecule has 0 saturated carbocycles. The van der Waals surface area contributed by atoms with Crippen molar-refractivity contribution in [2.45, 2.75) is 31.3 Å². The van der Waals surface area contributed by atoms with E-state index in [1.165, 1.54) is 31.0 Å². The molecule has 0 aliphatic carbocycles. The number of likely N-dealkylation sites (N-methyl/N-ethyl adjacent to an activating group) is 1. The van der Waals surface area contributed by atoms with E-state index in [0.29, 0.717) is 15.3 Å². The van der Waals surface area contributed by atoms with E-state index in [1.807, 2.05) is 0 Å². The van der Waals surface area contributed by atoms with Crippen molar-refractivity contribution in [1.82, 2.24) is 4.90 Å². The number of hydrogen-bond acceptors (Lipinski definition) is 5. The number of halogens is 3. The molecule has 0 aliphatic rings. The Morgan fingerprint density at radius 1 is 1.22 bits per heavy atom. The van der Waals surface area contributed by atoms with Crippen molar-refractivity contribution >= 4 is 32.8 Å². The molecular weight excluding hydrogens is 463 g/mol. The molecule has 0 radical (unpaired) electrons. The van der Waals surface area contributed by atoms with Crippen LogP contribution < -0.4 is 0 Å². The summed E-state index contributed by atoms with van der Waals surface area (Å²) in [5, 5.41) is 9.16. The maximum atomic E-state index is 13.7. The van der Waals surface area contributed by atoms with Gasteiger partial charge in [0.25, 0.3) is 0 Å². The number of alkyl halides is 3. The number of allylic oxidation sites excluding steroid dienone is 3. The molecule has 2 aromatic rings. The topological polar surface area (TPSA) is 74.7 Å². The third kappa shape index (κ3) is 6.46. The third-order valence-corrected chi connectivity index (χ3v) is 7.03. The average molecular weight is 488 g/mol. The predicted octanol–water partition coefficient (Wildman–Crippen LogP) is 5.46. The van der Waals surface area contributed by atoms with Gasteiger partial charge in [-0.05, 0) is 49.2 Å². The average Bonchev–Trinajstić information content (AvgIpc) is 3.15. The Hall–Kier alpha value is -2.59. The number of rotatable bonds is 8. The Bertz CT molecular complexity index is 1160. The summed E-state index contributed by atoms with van der Waals surface area (Å²) in [5.74, 6) is -1.18. The Morgan fingerprint density at radius 2 is 1.88 bits per heavy atom. The van der Waals surface area contributed by atoms with Crippen LogP contribution in [0.25, 0.3) is 16.1 Å². The van der Waals surface area contributed by atoms with Crippen LogP contribution in [0.4, 0.5) is 13.2 Å². The summed E-state index contributed by atoms with van der Waals surface area (Å²) in [6, 6.07) is 9.54. The first kappa shape index (κ1) is 25.7. The normalized spacial score (nSPS) is 13.7. The highest BCUT2D eigenvalue weighted by Crippen LogP contribution is 2.37. The largest absolute Gasteiger partial charge is 0.480 e. The van der Waals surface area contributed by atoms with Gasteiger partial charge >= 0.3 is 12.1 Å². The Balaban J connectivity index is 2.63. The van der Waals surface area contributed by atoms with Crippen LogP contribution in [0.2, 0.25) is 0 Å².